The lowest BCUT2D eigenvalue weighted by atomic mass is 10.3. The minimum atomic E-state index is -0.246. The maximum Gasteiger partial charge on any atom is 0.0791 e. The highest BCUT2D eigenvalue weighted by Gasteiger charge is 2.14. The second-order valence-corrected chi connectivity index (χ2v) is 4.06. The van der Waals surface area contributed by atoms with Gasteiger partial charge in [-0.25, -0.2) is 0 Å². The van der Waals surface area contributed by atoms with E-state index in [2.05, 4.69) is 10.2 Å². The molecule has 0 bridgehead atoms. The second-order valence-electron chi connectivity index (χ2n) is 4.06. The van der Waals surface area contributed by atoms with E-state index in [1.165, 1.54) is 12.8 Å². The van der Waals surface area contributed by atoms with Gasteiger partial charge in [0.15, 0.2) is 0 Å². The highest BCUT2D eigenvalue weighted by molar-refractivity contribution is 4.71. The Bertz CT molecular complexity index is 150. The Morgan fingerprint density at radius 1 is 1.40 bits per heavy atom. The molecule has 1 unspecified atom stereocenters. The number of hydrogen-bond acceptors (Lipinski definition) is 4. The van der Waals surface area contributed by atoms with Crippen LogP contribution < -0.4 is 5.32 Å². The zero-order chi connectivity index (χ0) is 10.9. The van der Waals surface area contributed by atoms with Crippen LogP contribution in [0.15, 0.2) is 0 Å². The van der Waals surface area contributed by atoms with E-state index in [1.54, 1.807) is 0 Å². The summed E-state index contributed by atoms with van der Waals surface area (Å²) < 4.78 is 5.19. The second kappa shape index (κ2) is 8.05. The third kappa shape index (κ3) is 6.10. The fourth-order valence-corrected chi connectivity index (χ4v) is 1.89. The molecule has 4 nitrogen and oxygen atoms in total. The van der Waals surface area contributed by atoms with Crippen molar-refractivity contribution in [3.05, 3.63) is 0 Å². The Hall–Kier alpha value is -0.160. The fourth-order valence-electron chi connectivity index (χ4n) is 1.89. The number of ether oxygens (including phenoxy) is 1. The monoisotopic (exact) mass is 216 g/mol. The van der Waals surface area contributed by atoms with Crippen molar-refractivity contribution < 1.29 is 9.84 Å². The first kappa shape index (κ1) is 12.9. The van der Waals surface area contributed by atoms with Crippen molar-refractivity contribution in [1.82, 2.24) is 10.2 Å². The van der Waals surface area contributed by atoms with Gasteiger partial charge in [0.2, 0.25) is 0 Å². The Morgan fingerprint density at radius 2 is 2.13 bits per heavy atom. The summed E-state index contributed by atoms with van der Waals surface area (Å²) in [5.41, 5.74) is 0. The summed E-state index contributed by atoms with van der Waals surface area (Å²) in [5.74, 6) is 0. The molecule has 0 radical (unpaired) electrons. The molecule has 1 aliphatic heterocycles. The molecule has 1 saturated heterocycles. The van der Waals surface area contributed by atoms with Crippen LogP contribution in [0.2, 0.25) is 0 Å². The number of hydrogen-bond donors (Lipinski definition) is 2. The van der Waals surface area contributed by atoms with E-state index < -0.39 is 0 Å². The Balaban J connectivity index is 1.91. The van der Waals surface area contributed by atoms with Crippen molar-refractivity contribution in [2.24, 2.45) is 0 Å². The van der Waals surface area contributed by atoms with E-state index in [0.717, 1.165) is 39.4 Å². The van der Waals surface area contributed by atoms with Crippen molar-refractivity contribution in [3.63, 3.8) is 0 Å². The normalized spacial score (nSPS) is 19.6. The van der Waals surface area contributed by atoms with Crippen molar-refractivity contribution in [2.45, 2.75) is 25.9 Å². The molecule has 1 rings (SSSR count). The van der Waals surface area contributed by atoms with Gasteiger partial charge in [0.25, 0.3) is 0 Å². The van der Waals surface area contributed by atoms with Crippen LogP contribution in [0.4, 0.5) is 0 Å². The van der Waals surface area contributed by atoms with Crippen LogP contribution in [0, 0.1) is 0 Å². The molecule has 1 heterocycles. The predicted molar refractivity (Wildman–Crippen MR) is 61.0 cm³/mol. The number of aliphatic hydroxyl groups excluding tert-OH is 1. The largest absolute Gasteiger partial charge is 0.390 e. The Morgan fingerprint density at radius 3 is 2.80 bits per heavy atom. The minimum absolute atomic E-state index is 0.246. The molecule has 0 aromatic heterocycles. The molecule has 0 aliphatic carbocycles. The standard InChI is InChI=1S/C11H24N2O2/c1-2-15-8-5-12-9-11(14)10-13-6-3-4-7-13/h11-12,14H,2-10H2,1H3. The summed E-state index contributed by atoms with van der Waals surface area (Å²) in [6.07, 6.45) is 2.32. The SMILES string of the molecule is CCOCCNCC(O)CN1CCCC1. The van der Waals surface area contributed by atoms with E-state index in [4.69, 9.17) is 4.74 Å². The number of likely N-dealkylation sites (tertiary alicyclic amines) is 1. The summed E-state index contributed by atoms with van der Waals surface area (Å²) in [4.78, 5) is 2.33. The highest BCUT2D eigenvalue weighted by Crippen LogP contribution is 2.07. The average molecular weight is 216 g/mol. The average Bonchev–Trinajstić information content (AvgIpc) is 2.70. The molecular formula is C11H24N2O2. The molecule has 2 N–H and O–H groups in total. The molecule has 0 saturated carbocycles. The third-order valence-corrected chi connectivity index (χ3v) is 2.67. The maximum atomic E-state index is 9.72. The highest BCUT2D eigenvalue weighted by atomic mass is 16.5. The smallest absolute Gasteiger partial charge is 0.0791 e. The van der Waals surface area contributed by atoms with Gasteiger partial charge in [-0.05, 0) is 32.9 Å². The molecule has 90 valence electrons. The molecule has 1 fully saturated rings. The zero-order valence-electron chi connectivity index (χ0n) is 9.74. The summed E-state index contributed by atoms with van der Waals surface area (Å²) in [7, 11) is 0. The van der Waals surface area contributed by atoms with E-state index in [0.29, 0.717) is 6.54 Å². The summed E-state index contributed by atoms with van der Waals surface area (Å²) in [6.45, 7) is 8.08. The van der Waals surface area contributed by atoms with Gasteiger partial charge in [-0.1, -0.05) is 0 Å². The van der Waals surface area contributed by atoms with E-state index in [1.807, 2.05) is 6.92 Å². The lowest BCUT2D eigenvalue weighted by molar-refractivity contribution is 0.114. The molecule has 0 amide bonds. The van der Waals surface area contributed by atoms with Gasteiger partial charge in [0, 0.05) is 26.2 Å². The minimum Gasteiger partial charge on any atom is -0.390 e. The Labute approximate surface area is 92.6 Å². The van der Waals surface area contributed by atoms with Crippen LogP contribution in [0.3, 0.4) is 0 Å². The summed E-state index contributed by atoms with van der Waals surface area (Å²) in [6, 6.07) is 0. The van der Waals surface area contributed by atoms with Crippen molar-refractivity contribution >= 4 is 0 Å². The molecule has 4 heteroatoms. The number of β-amino-alcohol motifs (C(OH)–C–C–N with tert-alkyl or cyclic N) is 1. The van der Waals surface area contributed by atoms with Crippen LogP contribution in [-0.4, -0.2) is 62.0 Å². The predicted octanol–water partition coefficient (Wildman–Crippen LogP) is 0.0692. The van der Waals surface area contributed by atoms with E-state index in [9.17, 15) is 5.11 Å². The Kier molecular flexibility index (Phi) is 6.92. The first-order valence-corrected chi connectivity index (χ1v) is 6.01. The first-order chi connectivity index (χ1) is 7.33. The van der Waals surface area contributed by atoms with Crippen molar-refractivity contribution in [1.29, 1.82) is 0 Å². The lowest BCUT2D eigenvalue weighted by Gasteiger charge is -2.19. The third-order valence-electron chi connectivity index (χ3n) is 2.67. The molecule has 0 aromatic carbocycles. The van der Waals surface area contributed by atoms with Crippen molar-refractivity contribution in [3.8, 4) is 0 Å². The molecule has 0 aromatic rings. The van der Waals surface area contributed by atoms with Crippen LogP contribution in [0.5, 0.6) is 0 Å². The van der Waals surface area contributed by atoms with Crippen LogP contribution in [-0.2, 0) is 4.74 Å². The van der Waals surface area contributed by atoms with Gasteiger partial charge in [0.05, 0.1) is 12.7 Å². The quantitative estimate of drug-likeness (QED) is 0.564. The van der Waals surface area contributed by atoms with E-state index >= 15 is 0 Å². The van der Waals surface area contributed by atoms with Gasteiger partial charge >= 0.3 is 0 Å². The number of nitrogens with zero attached hydrogens (tertiary/aromatic N) is 1. The molecule has 0 spiro atoms. The zero-order valence-corrected chi connectivity index (χ0v) is 9.74. The molecular weight excluding hydrogens is 192 g/mol. The van der Waals surface area contributed by atoms with Crippen LogP contribution >= 0.6 is 0 Å². The van der Waals surface area contributed by atoms with Gasteiger partial charge in [-0.15, -0.1) is 0 Å². The topological polar surface area (TPSA) is 44.7 Å². The van der Waals surface area contributed by atoms with Crippen molar-refractivity contribution in [2.75, 3.05) is 45.9 Å². The van der Waals surface area contributed by atoms with E-state index in [-0.39, 0.29) is 6.10 Å². The van der Waals surface area contributed by atoms with Gasteiger partial charge in [-0.2, -0.15) is 0 Å². The fraction of sp³-hybridized carbons (Fsp3) is 1.00. The van der Waals surface area contributed by atoms with Crippen LogP contribution in [0.1, 0.15) is 19.8 Å². The van der Waals surface area contributed by atoms with Gasteiger partial charge < -0.3 is 20.1 Å². The molecule has 1 aliphatic rings. The summed E-state index contributed by atoms with van der Waals surface area (Å²) in [5, 5.41) is 12.9. The number of aliphatic hydroxyl groups is 1. The number of nitrogens with one attached hydrogen (secondary N) is 1. The molecule has 15 heavy (non-hydrogen) atoms. The van der Waals surface area contributed by atoms with Gasteiger partial charge in [-0.3, -0.25) is 0 Å². The number of rotatable bonds is 8. The first-order valence-electron chi connectivity index (χ1n) is 6.01. The maximum absolute atomic E-state index is 9.72. The lowest BCUT2D eigenvalue weighted by Crippen LogP contribution is -2.38. The summed E-state index contributed by atoms with van der Waals surface area (Å²) >= 11 is 0. The van der Waals surface area contributed by atoms with Gasteiger partial charge in [0.1, 0.15) is 0 Å². The molecule has 1 atom stereocenters. The van der Waals surface area contributed by atoms with Crippen LogP contribution in [0.25, 0.3) is 0 Å².